The van der Waals surface area contributed by atoms with Crippen LogP contribution in [0.3, 0.4) is 0 Å². The molecule has 96 valence electrons. The first-order valence-corrected chi connectivity index (χ1v) is 5.54. The highest BCUT2D eigenvalue weighted by atomic mass is 19.1. The maximum atomic E-state index is 13.7. The van der Waals surface area contributed by atoms with Crippen molar-refractivity contribution in [2.75, 3.05) is 13.7 Å². The smallest absolute Gasteiger partial charge is 0.167 e. The summed E-state index contributed by atoms with van der Waals surface area (Å²) >= 11 is 0. The minimum atomic E-state index is -0.368. The Bertz CT molecular complexity index is 528. The third-order valence-electron chi connectivity index (χ3n) is 2.60. The Hall–Kier alpha value is -1.79. The van der Waals surface area contributed by atoms with Crippen LogP contribution >= 0.6 is 0 Å². The molecular weight excluding hydrogens is 237 g/mol. The van der Waals surface area contributed by atoms with Gasteiger partial charge in [0.1, 0.15) is 12.4 Å². The quantitative estimate of drug-likeness (QED) is 0.868. The molecule has 0 radical (unpaired) electrons. The Balaban J connectivity index is 2.44. The maximum absolute atomic E-state index is 13.7. The Morgan fingerprint density at radius 3 is 2.78 bits per heavy atom. The van der Waals surface area contributed by atoms with E-state index in [2.05, 4.69) is 10.2 Å². The molecule has 2 rings (SSSR count). The lowest BCUT2D eigenvalue weighted by atomic mass is 10.2. The van der Waals surface area contributed by atoms with Gasteiger partial charge in [0.05, 0.1) is 12.2 Å². The molecule has 0 saturated heterocycles. The number of halogens is 1. The summed E-state index contributed by atoms with van der Waals surface area (Å²) < 4.78 is 20.4. The molecule has 1 aromatic carbocycles. The average molecular weight is 251 g/mol. The summed E-state index contributed by atoms with van der Waals surface area (Å²) in [7, 11) is 1.58. The summed E-state index contributed by atoms with van der Waals surface area (Å²) in [6.45, 7) is 0.653. The third-order valence-corrected chi connectivity index (χ3v) is 2.60. The molecule has 0 aliphatic heterocycles. The topological polar surface area (TPSA) is 60.2 Å². The lowest BCUT2D eigenvalue weighted by Gasteiger charge is -2.09. The van der Waals surface area contributed by atoms with Crippen molar-refractivity contribution in [2.45, 2.75) is 13.2 Å². The molecule has 0 saturated carbocycles. The van der Waals surface area contributed by atoms with E-state index in [4.69, 9.17) is 4.74 Å². The highest BCUT2D eigenvalue weighted by Crippen LogP contribution is 2.21. The van der Waals surface area contributed by atoms with Crippen LogP contribution in [0.2, 0.25) is 0 Å². The molecule has 6 heteroatoms. The second kappa shape index (κ2) is 5.70. The number of methoxy groups -OCH3 is 1. The number of aliphatic hydroxyl groups excluding tert-OH is 1. The van der Waals surface area contributed by atoms with Gasteiger partial charge < -0.3 is 14.4 Å². The van der Waals surface area contributed by atoms with Crippen LogP contribution in [0, 0.1) is 5.82 Å². The summed E-state index contributed by atoms with van der Waals surface area (Å²) in [5.41, 5.74) is 0.362. The van der Waals surface area contributed by atoms with Crippen molar-refractivity contribution in [3.05, 3.63) is 35.9 Å². The van der Waals surface area contributed by atoms with Crippen molar-refractivity contribution in [3.8, 4) is 11.4 Å². The summed E-state index contributed by atoms with van der Waals surface area (Å²) in [5.74, 6) is 0.424. The maximum Gasteiger partial charge on any atom is 0.167 e. The molecular formula is C12H14FN3O2. The molecule has 1 aromatic heterocycles. The standard InChI is InChI=1S/C12H14FN3O2/c1-18-7-6-16-11(8-17)14-15-12(16)9-4-2-3-5-10(9)13/h2-5,17H,6-8H2,1H3. The third kappa shape index (κ3) is 2.39. The van der Waals surface area contributed by atoms with E-state index in [1.165, 1.54) is 6.07 Å². The summed E-state index contributed by atoms with van der Waals surface area (Å²) in [5, 5.41) is 17.0. The Labute approximate surface area is 104 Å². The van der Waals surface area contributed by atoms with Crippen molar-refractivity contribution in [1.29, 1.82) is 0 Å². The van der Waals surface area contributed by atoms with Gasteiger partial charge in [-0.3, -0.25) is 0 Å². The molecule has 0 spiro atoms. The number of hydrogen-bond acceptors (Lipinski definition) is 4. The van der Waals surface area contributed by atoms with E-state index in [-0.39, 0.29) is 12.4 Å². The fourth-order valence-corrected chi connectivity index (χ4v) is 1.71. The van der Waals surface area contributed by atoms with Gasteiger partial charge in [0, 0.05) is 13.7 Å². The number of rotatable bonds is 5. The molecule has 0 bridgehead atoms. The van der Waals surface area contributed by atoms with Crippen molar-refractivity contribution in [1.82, 2.24) is 14.8 Å². The van der Waals surface area contributed by atoms with Gasteiger partial charge in [0.2, 0.25) is 0 Å². The molecule has 0 aliphatic carbocycles. The summed E-state index contributed by atoms with van der Waals surface area (Å²) in [4.78, 5) is 0. The first kappa shape index (κ1) is 12.7. The lowest BCUT2D eigenvalue weighted by molar-refractivity contribution is 0.183. The van der Waals surface area contributed by atoms with E-state index < -0.39 is 0 Å². The van der Waals surface area contributed by atoms with Gasteiger partial charge in [-0.1, -0.05) is 12.1 Å². The zero-order chi connectivity index (χ0) is 13.0. The zero-order valence-corrected chi connectivity index (χ0v) is 10.0. The molecule has 0 unspecified atom stereocenters. The van der Waals surface area contributed by atoms with Crippen molar-refractivity contribution in [2.24, 2.45) is 0 Å². The normalized spacial score (nSPS) is 10.8. The fraction of sp³-hybridized carbons (Fsp3) is 0.333. The van der Waals surface area contributed by atoms with Gasteiger partial charge >= 0.3 is 0 Å². The van der Waals surface area contributed by atoms with Crippen LogP contribution in [0.4, 0.5) is 4.39 Å². The minimum absolute atomic E-state index is 0.245. The Morgan fingerprint density at radius 2 is 2.11 bits per heavy atom. The zero-order valence-electron chi connectivity index (χ0n) is 10.0. The van der Waals surface area contributed by atoms with Crippen LogP contribution in [-0.2, 0) is 17.9 Å². The van der Waals surface area contributed by atoms with E-state index >= 15 is 0 Å². The van der Waals surface area contributed by atoms with Crippen LogP contribution < -0.4 is 0 Å². The molecule has 5 nitrogen and oxygen atoms in total. The number of hydrogen-bond donors (Lipinski definition) is 1. The van der Waals surface area contributed by atoms with E-state index in [1.54, 1.807) is 29.9 Å². The second-order valence-electron chi connectivity index (χ2n) is 3.72. The first-order chi connectivity index (χ1) is 8.77. The van der Waals surface area contributed by atoms with Gasteiger partial charge in [-0.05, 0) is 12.1 Å². The largest absolute Gasteiger partial charge is 0.388 e. The van der Waals surface area contributed by atoms with E-state index in [0.717, 1.165) is 0 Å². The van der Waals surface area contributed by atoms with E-state index in [0.29, 0.717) is 30.4 Å². The predicted octanol–water partition coefficient (Wildman–Crippen LogP) is 1.22. The van der Waals surface area contributed by atoms with Gasteiger partial charge in [-0.15, -0.1) is 10.2 Å². The Kier molecular flexibility index (Phi) is 4.01. The Morgan fingerprint density at radius 1 is 1.33 bits per heavy atom. The van der Waals surface area contributed by atoms with Crippen LogP contribution in [0.1, 0.15) is 5.82 Å². The summed E-state index contributed by atoms with van der Waals surface area (Å²) in [6.07, 6.45) is 0. The molecule has 1 heterocycles. The molecule has 0 aliphatic rings. The van der Waals surface area contributed by atoms with Gasteiger partial charge in [-0.25, -0.2) is 4.39 Å². The number of ether oxygens (including phenoxy) is 1. The van der Waals surface area contributed by atoms with Crippen molar-refractivity contribution < 1.29 is 14.2 Å². The van der Waals surface area contributed by atoms with Gasteiger partial charge in [0.25, 0.3) is 0 Å². The molecule has 2 aromatic rings. The minimum Gasteiger partial charge on any atom is -0.388 e. The second-order valence-corrected chi connectivity index (χ2v) is 3.72. The van der Waals surface area contributed by atoms with Gasteiger partial charge in [-0.2, -0.15) is 0 Å². The van der Waals surface area contributed by atoms with E-state index in [1.807, 2.05) is 0 Å². The average Bonchev–Trinajstić information content (AvgIpc) is 2.79. The highest BCUT2D eigenvalue weighted by molar-refractivity contribution is 5.56. The number of nitrogens with zero attached hydrogens (tertiary/aromatic N) is 3. The SMILES string of the molecule is COCCn1c(CO)nnc1-c1ccccc1F. The fourth-order valence-electron chi connectivity index (χ4n) is 1.71. The van der Waals surface area contributed by atoms with Crippen LogP contribution in [-0.4, -0.2) is 33.6 Å². The first-order valence-electron chi connectivity index (χ1n) is 5.54. The molecule has 0 atom stereocenters. The highest BCUT2D eigenvalue weighted by Gasteiger charge is 2.15. The van der Waals surface area contributed by atoms with Crippen molar-refractivity contribution >= 4 is 0 Å². The number of aliphatic hydroxyl groups is 1. The van der Waals surface area contributed by atoms with Crippen LogP contribution in [0.25, 0.3) is 11.4 Å². The van der Waals surface area contributed by atoms with Gasteiger partial charge in [0.15, 0.2) is 11.6 Å². The number of aromatic nitrogens is 3. The van der Waals surface area contributed by atoms with Crippen LogP contribution in [0.15, 0.2) is 24.3 Å². The molecule has 1 N–H and O–H groups in total. The predicted molar refractivity (Wildman–Crippen MR) is 63.2 cm³/mol. The molecule has 18 heavy (non-hydrogen) atoms. The molecule has 0 fully saturated rings. The lowest BCUT2D eigenvalue weighted by Crippen LogP contribution is -2.10. The van der Waals surface area contributed by atoms with Crippen LogP contribution in [0.5, 0.6) is 0 Å². The summed E-state index contributed by atoms with van der Waals surface area (Å²) in [6, 6.07) is 6.33. The van der Waals surface area contributed by atoms with Crippen molar-refractivity contribution in [3.63, 3.8) is 0 Å². The monoisotopic (exact) mass is 251 g/mol. The number of benzene rings is 1. The molecule has 0 amide bonds. The van der Waals surface area contributed by atoms with E-state index in [9.17, 15) is 9.50 Å².